The van der Waals surface area contributed by atoms with Gasteiger partial charge < -0.3 is 24.2 Å². The molecule has 0 radical (unpaired) electrons. The standard InChI is InChI=1S/C28H30ClNO6/c1-34-24-16-22(17-25(35-2)27(24)36-3)28(33)30(14-6-8-21-7-4-5-9-23(21)29)18-20-12-10-19(11-13-20)15-26(31)32/h4-5,7,9-13,16-17H,6,8,14-15,18H2,1-3H3,(H,31,32). The van der Waals surface area contributed by atoms with Gasteiger partial charge in [0.15, 0.2) is 11.5 Å². The number of carbonyl (C=O) groups excluding carboxylic acids is 1. The van der Waals surface area contributed by atoms with Crippen LogP contribution in [-0.4, -0.2) is 49.8 Å². The lowest BCUT2D eigenvalue weighted by Gasteiger charge is -2.24. The second-order valence-corrected chi connectivity index (χ2v) is 8.63. The quantitative estimate of drug-likeness (QED) is 0.356. The zero-order chi connectivity index (χ0) is 26.1. The van der Waals surface area contributed by atoms with Gasteiger partial charge in [-0.1, -0.05) is 54.1 Å². The summed E-state index contributed by atoms with van der Waals surface area (Å²) in [5.74, 6) is 0.129. The molecule has 36 heavy (non-hydrogen) atoms. The molecule has 0 saturated carbocycles. The number of carboxylic acid groups (broad SMARTS) is 1. The smallest absolute Gasteiger partial charge is 0.307 e. The Hall–Kier alpha value is -3.71. The Kier molecular flexibility index (Phi) is 9.59. The van der Waals surface area contributed by atoms with Crippen molar-refractivity contribution >= 4 is 23.5 Å². The van der Waals surface area contributed by atoms with Crippen LogP contribution >= 0.6 is 11.6 Å². The second-order valence-electron chi connectivity index (χ2n) is 8.22. The summed E-state index contributed by atoms with van der Waals surface area (Å²) >= 11 is 6.31. The highest BCUT2D eigenvalue weighted by molar-refractivity contribution is 6.31. The minimum Gasteiger partial charge on any atom is -0.493 e. The molecule has 0 unspecified atom stereocenters. The Balaban J connectivity index is 1.86. The number of aliphatic carboxylic acids is 1. The summed E-state index contributed by atoms with van der Waals surface area (Å²) in [7, 11) is 4.52. The summed E-state index contributed by atoms with van der Waals surface area (Å²) in [5, 5.41) is 9.73. The third-order valence-electron chi connectivity index (χ3n) is 5.78. The molecule has 1 N–H and O–H groups in total. The van der Waals surface area contributed by atoms with Gasteiger partial charge in [-0.05, 0) is 47.7 Å². The van der Waals surface area contributed by atoms with E-state index >= 15 is 0 Å². The monoisotopic (exact) mass is 511 g/mol. The van der Waals surface area contributed by atoms with Crippen molar-refractivity contribution in [3.8, 4) is 17.2 Å². The van der Waals surface area contributed by atoms with E-state index in [9.17, 15) is 9.59 Å². The number of carbonyl (C=O) groups is 2. The lowest BCUT2D eigenvalue weighted by molar-refractivity contribution is -0.136. The topological polar surface area (TPSA) is 85.3 Å². The van der Waals surface area contributed by atoms with E-state index in [1.807, 2.05) is 36.4 Å². The largest absolute Gasteiger partial charge is 0.493 e. The zero-order valence-corrected chi connectivity index (χ0v) is 21.4. The van der Waals surface area contributed by atoms with Crippen molar-refractivity contribution in [3.63, 3.8) is 0 Å². The van der Waals surface area contributed by atoms with Crippen LogP contribution in [0.15, 0.2) is 60.7 Å². The van der Waals surface area contributed by atoms with Crippen molar-refractivity contribution in [2.45, 2.75) is 25.8 Å². The molecule has 0 aliphatic heterocycles. The number of hydrogen-bond acceptors (Lipinski definition) is 5. The van der Waals surface area contributed by atoms with E-state index in [1.54, 1.807) is 29.2 Å². The molecule has 1 amide bonds. The molecule has 0 aliphatic rings. The lowest BCUT2D eigenvalue weighted by Crippen LogP contribution is -2.32. The number of halogens is 1. The van der Waals surface area contributed by atoms with Crippen LogP contribution in [0.2, 0.25) is 5.02 Å². The highest BCUT2D eigenvalue weighted by atomic mass is 35.5. The number of hydrogen-bond donors (Lipinski definition) is 1. The maximum Gasteiger partial charge on any atom is 0.307 e. The molecule has 7 nitrogen and oxygen atoms in total. The molecule has 190 valence electrons. The van der Waals surface area contributed by atoms with E-state index in [0.29, 0.717) is 52.9 Å². The van der Waals surface area contributed by atoms with Gasteiger partial charge in [-0.15, -0.1) is 0 Å². The van der Waals surface area contributed by atoms with Gasteiger partial charge in [-0.25, -0.2) is 0 Å². The van der Waals surface area contributed by atoms with Crippen LogP contribution in [0.5, 0.6) is 17.2 Å². The molecule has 3 rings (SSSR count). The summed E-state index contributed by atoms with van der Waals surface area (Å²) in [6, 6.07) is 18.2. The van der Waals surface area contributed by atoms with E-state index in [4.69, 9.17) is 30.9 Å². The zero-order valence-electron chi connectivity index (χ0n) is 20.6. The predicted molar refractivity (Wildman–Crippen MR) is 138 cm³/mol. The lowest BCUT2D eigenvalue weighted by atomic mass is 10.1. The van der Waals surface area contributed by atoms with Crippen LogP contribution in [-0.2, 0) is 24.2 Å². The van der Waals surface area contributed by atoms with Crippen LogP contribution in [0.4, 0.5) is 0 Å². The highest BCUT2D eigenvalue weighted by Gasteiger charge is 2.21. The second kappa shape index (κ2) is 12.8. The fraction of sp³-hybridized carbons (Fsp3) is 0.286. The van der Waals surface area contributed by atoms with Crippen LogP contribution in [0.3, 0.4) is 0 Å². The highest BCUT2D eigenvalue weighted by Crippen LogP contribution is 2.38. The molecule has 0 fully saturated rings. The van der Waals surface area contributed by atoms with Gasteiger partial charge in [-0.2, -0.15) is 0 Å². The van der Waals surface area contributed by atoms with Crippen LogP contribution in [0, 0.1) is 0 Å². The third kappa shape index (κ3) is 6.92. The van der Waals surface area contributed by atoms with Crippen molar-refractivity contribution < 1.29 is 28.9 Å². The molecule has 0 saturated heterocycles. The first-order valence-electron chi connectivity index (χ1n) is 11.5. The number of ether oxygens (including phenoxy) is 3. The van der Waals surface area contributed by atoms with Gasteiger partial charge in [0, 0.05) is 23.7 Å². The maximum absolute atomic E-state index is 13.7. The summed E-state index contributed by atoms with van der Waals surface area (Å²) in [5.41, 5.74) is 3.03. The summed E-state index contributed by atoms with van der Waals surface area (Å²) in [6.45, 7) is 0.836. The number of amides is 1. The predicted octanol–water partition coefficient (Wildman–Crippen LogP) is 5.27. The molecule has 0 atom stereocenters. The summed E-state index contributed by atoms with van der Waals surface area (Å²) < 4.78 is 16.2. The minimum atomic E-state index is -0.887. The van der Waals surface area contributed by atoms with Crippen molar-refractivity contribution in [3.05, 3.63) is 87.9 Å². The molecule has 0 bridgehead atoms. The SMILES string of the molecule is COc1cc(C(=O)N(CCCc2ccccc2Cl)Cc2ccc(CC(=O)O)cc2)cc(OC)c1OC. The first-order valence-corrected chi connectivity index (χ1v) is 11.9. The Bertz CT molecular complexity index is 1170. The Morgan fingerprint density at radius 2 is 1.50 bits per heavy atom. The average molecular weight is 512 g/mol. The van der Waals surface area contributed by atoms with Crippen LogP contribution < -0.4 is 14.2 Å². The van der Waals surface area contributed by atoms with Crippen molar-refractivity contribution in [1.29, 1.82) is 0 Å². The van der Waals surface area contributed by atoms with Gasteiger partial charge in [0.1, 0.15) is 0 Å². The molecular weight excluding hydrogens is 482 g/mol. The fourth-order valence-corrected chi connectivity index (χ4v) is 4.19. The molecule has 3 aromatic rings. The van der Waals surface area contributed by atoms with Crippen LogP contribution in [0.1, 0.15) is 33.5 Å². The van der Waals surface area contributed by atoms with E-state index in [-0.39, 0.29) is 12.3 Å². The number of aryl methyl sites for hydroxylation is 1. The third-order valence-corrected chi connectivity index (χ3v) is 6.15. The normalized spacial score (nSPS) is 10.6. The van der Waals surface area contributed by atoms with E-state index in [1.165, 1.54) is 21.3 Å². The molecule has 0 aromatic heterocycles. The Labute approximate surface area is 216 Å². The van der Waals surface area contributed by atoms with E-state index in [0.717, 1.165) is 17.5 Å². The van der Waals surface area contributed by atoms with E-state index < -0.39 is 5.97 Å². The van der Waals surface area contributed by atoms with Gasteiger partial charge in [-0.3, -0.25) is 9.59 Å². The number of nitrogens with zero attached hydrogens (tertiary/aromatic N) is 1. The van der Waals surface area contributed by atoms with Crippen molar-refractivity contribution in [2.75, 3.05) is 27.9 Å². The molecular formula is C28H30ClNO6. The number of rotatable bonds is 12. The van der Waals surface area contributed by atoms with Gasteiger partial charge in [0.25, 0.3) is 5.91 Å². The van der Waals surface area contributed by atoms with Gasteiger partial charge in [0.2, 0.25) is 5.75 Å². The van der Waals surface area contributed by atoms with Crippen molar-refractivity contribution in [1.82, 2.24) is 4.90 Å². The molecule has 0 heterocycles. The first-order chi connectivity index (χ1) is 17.4. The number of benzene rings is 3. The molecule has 8 heteroatoms. The first kappa shape index (κ1) is 26.9. The van der Waals surface area contributed by atoms with Gasteiger partial charge in [0.05, 0.1) is 27.8 Å². The van der Waals surface area contributed by atoms with E-state index in [2.05, 4.69) is 0 Å². The summed E-state index contributed by atoms with van der Waals surface area (Å²) in [6.07, 6.45) is 1.37. The minimum absolute atomic E-state index is 0.0494. The Morgan fingerprint density at radius 3 is 2.06 bits per heavy atom. The number of methoxy groups -OCH3 is 3. The summed E-state index contributed by atoms with van der Waals surface area (Å²) in [4.78, 5) is 26.4. The average Bonchev–Trinajstić information content (AvgIpc) is 2.88. The Morgan fingerprint density at radius 1 is 0.889 bits per heavy atom. The fourth-order valence-electron chi connectivity index (χ4n) is 3.96. The van der Waals surface area contributed by atoms with Gasteiger partial charge >= 0.3 is 5.97 Å². The van der Waals surface area contributed by atoms with Crippen molar-refractivity contribution in [2.24, 2.45) is 0 Å². The molecule has 3 aromatic carbocycles. The molecule has 0 spiro atoms. The molecule has 0 aliphatic carbocycles. The number of carboxylic acids is 1. The maximum atomic E-state index is 13.7. The van der Waals surface area contributed by atoms with Crippen LogP contribution in [0.25, 0.3) is 0 Å².